The third-order valence-electron chi connectivity index (χ3n) is 5.19. The van der Waals surface area contributed by atoms with E-state index in [-0.39, 0.29) is 0 Å². The van der Waals surface area contributed by atoms with Crippen LogP contribution in [0.15, 0.2) is 83.9 Å². The highest BCUT2D eigenvalue weighted by Gasteiger charge is 2.12. The molecule has 0 amide bonds. The van der Waals surface area contributed by atoms with Crippen molar-refractivity contribution >= 4 is 45.2 Å². The van der Waals surface area contributed by atoms with Gasteiger partial charge in [-0.1, -0.05) is 72.3 Å². The van der Waals surface area contributed by atoms with Crippen LogP contribution in [0.2, 0.25) is 5.02 Å². The maximum Gasteiger partial charge on any atom is 0.181 e. The molecule has 3 nitrogen and oxygen atoms in total. The molecule has 0 saturated heterocycles. The number of fused-ring (bicyclic) bond motifs is 2. The number of nitrogens with zero attached hydrogens (tertiary/aromatic N) is 2. The monoisotopic (exact) mass is 395 g/mol. The SMILES string of the molecule is Cc1[nH]nc(N=Cc2c3ccccc3cc3ccccc23)c1-c1ccc(Cl)cc1. The van der Waals surface area contributed by atoms with Gasteiger partial charge in [-0.15, -0.1) is 0 Å². The second-order valence-electron chi connectivity index (χ2n) is 7.04. The number of aliphatic imine (C=N–C) groups is 1. The van der Waals surface area contributed by atoms with Gasteiger partial charge in [-0.3, -0.25) is 5.10 Å². The first-order chi connectivity index (χ1) is 14.2. The molecule has 0 bridgehead atoms. The molecule has 4 heteroatoms. The number of hydrogen-bond acceptors (Lipinski definition) is 2. The summed E-state index contributed by atoms with van der Waals surface area (Å²) in [7, 11) is 0. The van der Waals surface area contributed by atoms with E-state index in [9.17, 15) is 0 Å². The number of H-pyrrole nitrogens is 1. The van der Waals surface area contributed by atoms with Crippen LogP contribution in [0.3, 0.4) is 0 Å². The normalized spacial score (nSPS) is 11.7. The van der Waals surface area contributed by atoms with Gasteiger partial charge in [0.25, 0.3) is 0 Å². The fraction of sp³-hybridized carbons (Fsp3) is 0.0400. The lowest BCUT2D eigenvalue weighted by Gasteiger charge is -2.08. The second kappa shape index (κ2) is 7.19. The summed E-state index contributed by atoms with van der Waals surface area (Å²) in [6, 6.07) is 26.8. The van der Waals surface area contributed by atoms with E-state index in [4.69, 9.17) is 16.6 Å². The third kappa shape index (κ3) is 3.20. The number of aromatic amines is 1. The van der Waals surface area contributed by atoms with Gasteiger partial charge in [0, 0.05) is 28.1 Å². The summed E-state index contributed by atoms with van der Waals surface area (Å²) in [6.45, 7) is 2.00. The van der Waals surface area contributed by atoms with Crippen LogP contribution < -0.4 is 0 Å². The molecule has 1 heterocycles. The molecule has 0 aliphatic rings. The third-order valence-corrected chi connectivity index (χ3v) is 5.44. The van der Waals surface area contributed by atoms with Gasteiger partial charge in [0.15, 0.2) is 5.82 Å². The molecular formula is C25H18ClN3. The molecule has 140 valence electrons. The first-order valence-electron chi connectivity index (χ1n) is 9.46. The van der Waals surface area contributed by atoms with Crippen LogP contribution in [0, 0.1) is 6.92 Å². The van der Waals surface area contributed by atoms with Gasteiger partial charge in [0.05, 0.1) is 0 Å². The number of halogens is 1. The Balaban J connectivity index is 1.68. The minimum atomic E-state index is 0.668. The van der Waals surface area contributed by atoms with Crippen molar-refractivity contribution in [2.24, 2.45) is 4.99 Å². The standard InChI is InChI=1S/C25H18ClN3/c1-16-24(17-10-12-20(26)13-11-17)25(29-28-16)27-15-23-21-8-4-2-6-18(21)14-19-7-3-5-9-22(19)23/h2-15H,1H3,(H,28,29). The average Bonchev–Trinajstić information content (AvgIpc) is 3.12. The number of hydrogen-bond donors (Lipinski definition) is 1. The van der Waals surface area contributed by atoms with Crippen LogP contribution >= 0.6 is 11.6 Å². The Bertz CT molecular complexity index is 1310. The number of rotatable bonds is 3. The van der Waals surface area contributed by atoms with Crippen molar-refractivity contribution in [1.29, 1.82) is 0 Å². The molecule has 0 saturated carbocycles. The zero-order valence-corrected chi connectivity index (χ0v) is 16.6. The first-order valence-corrected chi connectivity index (χ1v) is 9.84. The molecule has 1 aromatic heterocycles. The van der Waals surface area contributed by atoms with Gasteiger partial charge in [-0.05, 0) is 52.2 Å². The van der Waals surface area contributed by atoms with Crippen LogP contribution in [-0.4, -0.2) is 16.4 Å². The van der Waals surface area contributed by atoms with Crippen LogP contribution in [0.1, 0.15) is 11.3 Å². The van der Waals surface area contributed by atoms with E-state index >= 15 is 0 Å². The number of benzene rings is 4. The van der Waals surface area contributed by atoms with Crippen molar-refractivity contribution in [1.82, 2.24) is 10.2 Å². The molecule has 5 rings (SSSR count). The van der Waals surface area contributed by atoms with Gasteiger partial charge >= 0.3 is 0 Å². The van der Waals surface area contributed by atoms with Gasteiger partial charge < -0.3 is 0 Å². The summed E-state index contributed by atoms with van der Waals surface area (Å²) in [5, 5.41) is 13.0. The topological polar surface area (TPSA) is 41.0 Å². The fourth-order valence-electron chi connectivity index (χ4n) is 3.79. The molecule has 0 spiro atoms. The van der Waals surface area contributed by atoms with Gasteiger partial charge in [-0.2, -0.15) is 5.10 Å². The van der Waals surface area contributed by atoms with Crippen molar-refractivity contribution in [3.8, 4) is 11.1 Å². The van der Waals surface area contributed by atoms with Gasteiger partial charge in [0.1, 0.15) is 0 Å². The quantitative estimate of drug-likeness (QED) is 0.257. The zero-order chi connectivity index (χ0) is 19.8. The lowest BCUT2D eigenvalue weighted by atomic mass is 9.97. The lowest BCUT2D eigenvalue weighted by Crippen LogP contribution is -1.88. The van der Waals surface area contributed by atoms with Crippen LogP contribution in [-0.2, 0) is 0 Å². The molecular weight excluding hydrogens is 378 g/mol. The number of aromatic nitrogens is 2. The number of nitrogens with one attached hydrogen (secondary N) is 1. The smallest absolute Gasteiger partial charge is 0.181 e. The average molecular weight is 396 g/mol. The van der Waals surface area contributed by atoms with Crippen molar-refractivity contribution in [3.05, 3.63) is 95.1 Å². The Kier molecular flexibility index (Phi) is 4.38. The molecule has 4 aromatic carbocycles. The second-order valence-corrected chi connectivity index (χ2v) is 7.48. The summed E-state index contributed by atoms with van der Waals surface area (Å²) < 4.78 is 0. The summed E-state index contributed by atoms with van der Waals surface area (Å²) in [4.78, 5) is 4.80. The van der Waals surface area contributed by atoms with Crippen molar-refractivity contribution in [3.63, 3.8) is 0 Å². The van der Waals surface area contributed by atoms with E-state index in [2.05, 4.69) is 64.8 Å². The van der Waals surface area contributed by atoms with E-state index in [1.54, 1.807) is 0 Å². The van der Waals surface area contributed by atoms with Crippen molar-refractivity contribution < 1.29 is 0 Å². The molecule has 0 aliphatic heterocycles. The lowest BCUT2D eigenvalue weighted by molar-refractivity contribution is 1.04. The van der Waals surface area contributed by atoms with E-state index in [0.29, 0.717) is 10.8 Å². The molecule has 29 heavy (non-hydrogen) atoms. The maximum absolute atomic E-state index is 6.05. The van der Waals surface area contributed by atoms with Crippen molar-refractivity contribution in [2.75, 3.05) is 0 Å². The molecule has 1 N–H and O–H groups in total. The molecule has 5 aromatic rings. The largest absolute Gasteiger partial charge is 0.280 e. The van der Waals surface area contributed by atoms with Crippen LogP contribution in [0.4, 0.5) is 5.82 Å². The fourth-order valence-corrected chi connectivity index (χ4v) is 3.91. The Hall–Kier alpha value is -3.43. The molecule has 0 unspecified atom stereocenters. The maximum atomic E-state index is 6.05. The highest BCUT2D eigenvalue weighted by Crippen LogP contribution is 2.33. The molecule has 0 radical (unpaired) electrons. The Labute approximate surface area is 173 Å². The zero-order valence-electron chi connectivity index (χ0n) is 15.9. The summed E-state index contributed by atoms with van der Waals surface area (Å²) in [5.74, 6) is 0.668. The minimum Gasteiger partial charge on any atom is -0.280 e. The van der Waals surface area contributed by atoms with Crippen LogP contribution in [0.25, 0.3) is 32.7 Å². The minimum absolute atomic E-state index is 0.668. The van der Waals surface area contributed by atoms with E-state index < -0.39 is 0 Å². The Morgan fingerprint density at radius 3 is 2.14 bits per heavy atom. The van der Waals surface area contributed by atoms with E-state index in [0.717, 1.165) is 22.4 Å². The molecule has 0 fully saturated rings. The van der Waals surface area contributed by atoms with Crippen molar-refractivity contribution in [2.45, 2.75) is 6.92 Å². The highest BCUT2D eigenvalue weighted by molar-refractivity contribution is 6.30. The van der Waals surface area contributed by atoms with Gasteiger partial charge in [-0.25, -0.2) is 4.99 Å². The predicted octanol–water partition coefficient (Wildman–Crippen LogP) is 7.10. The first kappa shape index (κ1) is 17.7. The van der Waals surface area contributed by atoms with Gasteiger partial charge in [0.2, 0.25) is 0 Å². The molecule has 0 atom stereocenters. The van der Waals surface area contributed by atoms with E-state index in [1.807, 2.05) is 37.4 Å². The van der Waals surface area contributed by atoms with E-state index in [1.165, 1.54) is 21.5 Å². The summed E-state index contributed by atoms with van der Waals surface area (Å²) in [6.07, 6.45) is 1.93. The summed E-state index contributed by atoms with van der Waals surface area (Å²) in [5.41, 5.74) is 4.10. The molecule has 0 aliphatic carbocycles. The number of aryl methyl sites for hydroxylation is 1. The Morgan fingerprint density at radius 1 is 0.862 bits per heavy atom. The predicted molar refractivity (Wildman–Crippen MR) is 122 cm³/mol. The highest BCUT2D eigenvalue weighted by atomic mass is 35.5. The summed E-state index contributed by atoms with van der Waals surface area (Å²) >= 11 is 6.05. The Morgan fingerprint density at radius 2 is 1.48 bits per heavy atom. The van der Waals surface area contributed by atoms with Crippen LogP contribution in [0.5, 0.6) is 0 Å².